The predicted molar refractivity (Wildman–Crippen MR) is 55.9 cm³/mol. The Kier molecular flexibility index (Phi) is 2.15. The highest BCUT2D eigenvalue weighted by Gasteiger charge is 2.48. The number of hydrogen-bond donors (Lipinski definition) is 1. The van der Waals surface area contributed by atoms with Gasteiger partial charge in [-0.3, -0.25) is 14.5 Å². The number of nitrogens with zero attached hydrogens (tertiary/aromatic N) is 1. The van der Waals surface area contributed by atoms with E-state index >= 15 is 0 Å². The van der Waals surface area contributed by atoms with Crippen LogP contribution in [0.2, 0.25) is 0 Å². The van der Waals surface area contributed by atoms with E-state index in [1.165, 1.54) is 4.90 Å². The summed E-state index contributed by atoms with van der Waals surface area (Å²) in [5.74, 6) is -0.133. The Morgan fingerprint density at radius 1 is 1.33 bits per heavy atom. The molecule has 1 saturated heterocycles. The van der Waals surface area contributed by atoms with Crippen LogP contribution in [0.3, 0.4) is 0 Å². The number of imide groups is 1. The SMILES string of the molecule is CC1(C)CC(=O)N(CC2(N)CCC2)C1=O. The highest BCUT2D eigenvalue weighted by Crippen LogP contribution is 2.36. The lowest BCUT2D eigenvalue weighted by Gasteiger charge is -2.40. The van der Waals surface area contributed by atoms with Crippen molar-refractivity contribution in [3.05, 3.63) is 0 Å². The number of carbonyl (C=O) groups is 2. The smallest absolute Gasteiger partial charge is 0.235 e. The molecule has 2 aliphatic rings. The van der Waals surface area contributed by atoms with Crippen molar-refractivity contribution in [1.29, 1.82) is 0 Å². The summed E-state index contributed by atoms with van der Waals surface area (Å²) in [4.78, 5) is 24.9. The minimum atomic E-state index is -0.531. The van der Waals surface area contributed by atoms with Crippen molar-refractivity contribution in [3.63, 3.8) is 0 Å². The fourth-order valence-electron chi connectivity index (χ4n) is 2.29. The monoisotopic (exact) mass is 210 g/mol. The van der Waals surface area contributed by atoms with E-state index in [4.69, 9.17) is 5.73 Å². The van der Waals surface area contributed by atoms with Crippen molar-refractivity contribution >= 4 is 11.8 Å². The van der Waals surface area contributed by atoms with Gasteiger partial charge in [0.25, 0.3) is 0 Å². The zero-order valence-electron chi connectivity index (χ0n) is 9.38. The molecule has 1 aliphatic carbocycles. The summed E-state index contributed by atoms with van der Waals surface area (Å²) in [6.45, 7) is 4.04. The minimum Gasteiger partial charge on any atom is -0.324 e. The van der Waals surface area contributed by atoms with Crippen LogP contribution >= 0.6 is 0 Å². The van der Waals surface area contributed by atoms with Gasteiger partial charge in [-0.1, -0.05) is 13.8 Å². The van der Waals surface area contributed by atoms with Crippen molar-refractivity contribution in [3.8, 4) is 0 Å². The lowest BCUT2D eigenvalue weighted by atomic mass is 9.77. The van der Waals surface area contributed by atoms with Gasteiger partial charge in [0.2, 0.25) is 11.8 Å². The number of rotatable bonds is 2. The van der Waals surface area contributed by atoms with Crippen molar-refractivity contribution in [2.45, 2.75) is 45.1 Å². The third kappa shape index (κ3) is 1.67. The van der Waals surface area contributed by atoms with Gasteiger partial charge in [0, 0.05) is 18.5 Å². The summed E-state index contributed by atoms with van der Waals surface area (Å²) < 4.78 is 0. The number of carbonyl (C=O) groups excluding carboxylic acids is 2. The van der Waals surface area contributed by atoms with Gasteiger partial charge in [-0.25, -0.2) is 0 Å². The Hall–Kier alpha value is -0.900. The first kappa shape index (κ1) is 10.6. The largest absolute Gasteiger partial charge is 0.324 e. The summed E-state index contributed by atoms with van der Waals surface area (Å²) in [7, 11) is 0. The molecule has 1 saturated carbocycles. The molecule has 2 N–H and O–H groups in total. The molecular weight excluding hydrogens is 192 g/mol. The van der Waals surface area contributed by atoms with E-state index in [0.29, 0.717) is 13.0 Å². The molecule has 4 nitrogen and oxygen atoms in total. The first-order valence-corrected chi connectivity index (χ1v) is 5.48. The molecular formula is C11H18N2O2. The fraction of sp³-hybridized carbons (Fsp3) is 0.818. The fourth-order valence-corrected chi connectivity index (χ4v) is 2.29. The van der Waals surface area contributed by atoms with Gasteiger partial charge < -0.3 is 5.73 Å². The summed E-state index contributed by atoms with van der Waals surface area (Å²) in [5.41, 5.74) is 5.22. The Morgan fingerprint density at radius 2 is 1.93 bits per heavy atom. The second-order valence-electron chi connectivity index (χ2n) is 5.56. The van der Waals surface area contributed by atoms with Crippen LogP contribution in [0.5, 0.6) is 0 Å². The molecule has 0 aromatic heterocycles. The van der Waals surface area contributed by atoms with Gasteiger partial charge in [-0.05, 0) is 19.3 Å². The maximum Gasteiger partial charge on any atom is 0.235 e. The highest BCUT2D eigenvalue weighted by molar-refractivity contribution is 6.05. The average molecular weight is 210 g/mol. The molecule has 1 aliphatic heterocycles. The molecule has 2 rings (SSSR count). The van der Waals surface area contributed by atoms with Crippen molar-refractivity contribution in [2.24, 2.45) is 11.1 Å². The van der Waals surface area contributed by atoms with E-state index in [-0.39, 0.29) is 17.4 Å². The quantitative estimate of drug-likeness (QED) is 0.681. The number of hydrogen-bond acceptors (Lipinski definition) is 3. The average Bonchev–Trinajstić information content (AvgIpc) is 2.25. The molecule has 15 heavy (non-hydrogen) atoms. The van der Waals surface area contributed by atoms with Gasteiger partial charge in [-0.2, -0.15) is 0 Å². The van der Waals surface area contributed by atoms with Crippen molar-refractivity contribution in [2.75, 3.05) is 6.54 Å². The Labute approximate surface area is 89.8 Å². The van der Waals surface area contributed by atoms with Crippen molar-refractivity contribution in [1.82, 2.24) is 4.90 Å². The summed E-state index contributed by atoms with van der Waals surface area (Å²) in [5, 5.41) is 0. The van der Waals surface area contributed by atoms with E-state index < -0.39 is 5.41 Å². The molecule has 84 valence electrons. The standard InChI is InChI=1S/C11H18N2O2/c1-10(2)6-8(14)13(9(10)15)7-11(12)4-3-5-11/h3-7,12H2,1-2H3. The van der Waals surface area contributed by atoms with Crippen LogP contribution < -0.4 is 5.73 Å². The second-order valence-corrected chi connectivity index (χ2v) is 5.56. The molecule has 0 spiro atoms. The van der Waals surface area contributed by atoms with E-state index in [9.17, 15) is 9.59 Å². The maximum absolute atomic E-state index is 11.9. The number of amides is 2. The van der Waals surface area contributed by atoms with Crippen LogP contribution in [0, 0.1) is 5.41 Å². The molecule has 0 aromatic rings. The molecule has 0 aromatic carbocycles. The van der Waals surface area contributed by atoms with E-state index in [0.717, 1.165) is 19.3 Å². The second kappa shape index (κ2) is 3.04. The Morgan fingerprint density at radius 3 is 2.27 bits per heavy atom. The van der Waals surface area contributed by atoms with Gasteiger partial charge in [0.05, 0.1) is 5.41 Å². The molecule has 2 fully saturated rings. The van der Waals surface area contributed by atoms with Crippen LogP contribution in [0.1, 0.15) is 39.5 Å². The van der Waals surface area contributed by atoms with Crippen LogP contribution in [-0.4, -0.2) is 28.8 Å². The predicted octanol–water partition coefficient (Wildman–Crippen LogP) is 0.653. The molecule has 0 radical (unpaired) electrons. The van der Waals surface area contributed by atoms with Crippen LogP contribution in [-0.2, 0) is 9.59 Å². The van der Waals surface area contributed by atoms with Crippen LogP contribution in [0.15, 0.2) is 0 Å². The zero-order chi connectivity index (χ0) is 11.3. The van der Waals surface area contributed by atoms with Gasteiger partial charge in [0.15, 0.2) is 0 Å². The Bertz CT molecular complexity index is 319. The first-order chi connectivity index (χ1) is 6.84. The lowest BCUT2D eigenvalue weighted by molar-refractivity contribution is -0.142. The first-order valence-electron chi connectivity index (χ1n) is 5.48. The minimum absolute atomic E-state index is 0.0655. The molecule has 0 unspecified atom stereocenters. The third-order valence-electron chi connectivity index (χ3n) is 3.54. The van der Waals surface area contributed by atoms with E-state index in [1.54, 1.807) is 0 Å². The topological polar surface area (TPSA) is 63.4 Å². The van der Waals surface area contributed by atoms with E-state index in [1.807, 2.05) is 13.8 Å². The molecule has 4 heteroatoms. The molecule has 1 heterocycles. The van der Waals surface area contributed by atoms with Crippen molar-refractivity contribution < 1.29 is 9.59 Å². The van der Waals surface area contributed by atoms with Crippen LogP contribution in [0.4, 0.5) is 0 Å². The third-order valence-corrected chi connectivity index (χ3v) is 3.54. The maximum atomic E-state index is 11.9. The number of nitrogens with two attached hydrogens (primary N) is 1. The lowest BCUT2D eigenvalue weighted by Crippen LogP contribution is -2.56. The zero-order valence-corrected chi connectivity index (χ0v) is 9.38. The van der Waals surface area contributed by atoms with E-state index in [2.05, 4.69) is 0 Å². The highest BCUT2D eigenvalue weighted by atomic mass is 16.2. The van der Waals surface area contributed by atoms with Gasteiger partial charge >= 0.3 is 0 Å². The summed E-state index contributed by atoms with van der Waals surface area (Å²) >= 11 is 0. The molecule has 0 atom stereocenters. The molecule has 2 amide bonds. The van der Waals surface area contributed by atoms with Crippen LogP contribution in [0.25, 0.3) is 0 Å². The van der Waals surface area contributed by atoms with Gasteiger partial charge in [-0.15, -0.1) is 0 Å². The summed E-state index contributed by atoms with van der Waals surface area (Å²) in [6, 6.07) is 0. The number of likely N-dealkylation sites (tertiary alicyclic amines) is 1. The molecule has 0 bridgehead atoms. The Balaban J connectivity index is 2.10. The summed E-state index contributed by atoms with van der Waals surface area (Å²) in [6.07, 6.45) is 3.27. The van der Waals surface area contributed by atoms with Gasteiger partial charge in [0.1, 0.15) is 0 Å². The normalized spacial score (nSPS) is 28.1.